The van der Waals surface area contributed by atoms with Crippen LogP contribution in [0.25, 0.3) is 5.65 Å². The highest BCUT2D eigenvalue weighted by Gasteiger charge is 2.10. The molecule has 3 rings (SSSR count). The lowest BCUT2D eigenvalue weighted by molar-refractivity contribution is 0.0951. The summed E-state index contributed by atoms with van der Waals surface area (Å²) in [6, 6.07) is 8.99. The molecule has 3 aromatic rings. The number of ether oxygens (including phenoxy) is 2. The SMILES string of the molecule is COc1ccc(CNC(=O)c2ccn3c(C)nnc3c2)cc1OC. The van der Waals surface area contributed by atoms with Crippen LogP contribution in [0.2, 0.25) is 0 Å². The Morgan fingerprint density at radius 1 is 1.12 bits per heavy atom. The predicted octanol–water partition coefficient (Wildman–Crippen LogP) is 1.98. The van der Waals surface area contributed by atoms with Gasteiger partial charge in [-0.25, -0.2) is 0 Å². The second-order valence-corrected chi connectivity index (χ2v) is 5.26. The summed E-state index contributed by atoms with van der Waals surface area (Å²) < 4.78 is 12.3. The van der Waals surface area contributed by atoms with Crippen molar-refractivity contribution >= 4 is 11.6 Å². The zero-order chi connectivity index (χ0) is 17.1. The zero-order valence-corrected chi connectivity index (χ0v) is 13.7. The second-order valence-electron chi connectivity index (χ2n) is 5.26. The first kappa shape index (κ1) is 15.8. The van der Waals surface area contributed by atoms with Crippen LogP contribution in [0.1, 0.15) is 21.7 Å². The van der Waals surface area contributed by atoms with Gasteiger partial charge in [0.15, 0.2) is 17.1 Å². The van der Waals surface area contributed by atoms with Gasteiger partial charge in [0.25, 0.3) is 5.91 Å². The molecule has 1 aromatic carbocycles. The Bertz CT molecular complexity index is 889. The highest BCUT2D eigenvalue weighted by Crippen LogP contribution is 2.27. The summed E-state index contributed by atoms with van der Waals surface area (Å²) in [5.41, 5.74) is 2.10. The van der Waals surface area contributed by atoms with E-state index in [9.17, 15) is 4.79 Å². The predicted molar refractivity (Wildman–Crippen MR) is 88.4 cm³/mol. The van der Waals surface area contributed by atoms with Gasteiger partial charge in [0.1, 0.15) is 5.82 Å². The highest BCUT2D eigenvalue weighted by molar-refractivity contribution is 5.94. The molecule has 0 saturated heterocycles. The van der Waals surface area contributed by atoms with Gasteiger partial charge in [0, 0.05) is 18.3 Å². The van der Waals surface area contributed by atoms with E-state index in [1.807, 2.05) is 29.5 Å². The van der Waals surface area contributed by atoms with Gasteiger partial charge in [-0.05, 0) is 36.8 Å². The average molecular weight is 326 g/mol. The van der Waals surface area contributed by atoms with E-state index in [1.54, 1.807) is 32.5 Å². The van der Waals surface area contributed by atoms with Crippen molar-refractivity contribution in [3.8, 4) is 11.5 Å². The van der Waals surface area contributed by atoms with Gasteiger partial charge in [-0.15, -0.1) is 10.2 Å². The Labute approximate surface area is 139 Å². The van der Waals surface area contributed by atoms with Gasteiger partial charge >= 0.3 is 0 Å². The van der Waals surface area contributed by atoms with Crippen molar-refractivity contribution in [3.63, 3.8) is 0 Å². The topological polar surface area (TPSA) is 77.8 Å². The lowest BCUT2D eigenvalue weighted by atomic mass is 10.2. The van der Waals surface area contributed by atoms with Crippen molar-refractivity contribution in [2.75, 3.05) is 14.2 Å². The van der Waals surface area contributed by atoms with Crippen LogP contribution < -0.4 is 14.8 Å². The molecular weight excluding hydrogens is 308 g/mol. The fraction of sp³-hybridized carbons (Fsp3) is 0.235. The summed E-state index contributed by atoms with van der Waals surface area (Å²) in [5, 5.41) is 10.9. The van der Waals surface area contributed by atoms with Crippen LogP contribution in [0.3, 0.4) is 0 Å². The molecule has 0 saturated carbocycles. The molecule has 2 heterocycles. The number of benzene rings is 1. The maximum atomic E-state index is 12.3. The monoisotopic (exact) mass is 326 g/mol. The molecule has 0 unspecified atom stereocenters. The summed E-state index contributed by atoms with van der Waals surface area (Å²) in [5.74, 6) is 1.89. The zero-order valence-electron chi connectivity index (χ0n) is 13.7. The van der Waals surface area contributed by atoms with Gasteiger partial charge in [-0.1, -0.05) is 6.07 Å². The minimum atomic E-state index is -0.173. The Morgan fingerprint density at radius 2 is 1.92 bits per heavy atom. The third-order valence-electron chi connectivity index (χ3n) is 3.74. The van der Waals surface area contributed by atoms with Gasteiger partial charge in [-0.2, -0.15) is 0 Å². The first-order chi connectivity index (χ1) is 11.6. The highest BCUT2D eigenvalue weighted by atomic mass is 16.5. The van der Waals surface area contributed by atoms with E-state index in [0.717, 1.165) is 11.4 Å². The number of methoxy groups -OCH3 is 2. The first-order valence-electron chi connectivity index (χ1n) is 7.43. The molecule has 24 heavy (non-hydrogen) atoms. The number of fused-ring (bicyclic) bond motifs is 1. The first-order valence-corrected chi connectivity index (χ1v) is 7.43. The van der Waals surface area contributed by atoms with Crippen LogP contribution in [0, 0.1) is 6.92 Å². The summed E-state index contributed by atoms with van der Waals surface area (Å²) in [7, 11) is 3.16. The number of nitrogens with zero attached hydrogens (tertiary/aromatic N) is 3. The summed E-state index contributed by atoms with van der Waals surface area (Å²) in [6.07, 6.45) is 1.79. The quantitative estimate of drug-likeness (QED) is 0.776. The number of carbonyl (C=O) groups excluding carboxylic acids is 1. The maximum Gasteiger partial charge on any atom is 0.251 e. The summed E-state index contributed by atoms with van der Waals surface area (Å²) in [6.45, 7) is 2.24. The Kier molecular flexibility index (Phi) is 4.33. The van der Waals surface area contributed by atoms with Crippen molar-refractivity contribution < 1.29 is 14.3 Å². The molecular formula is C17H18N4O3. The minimum Gasteiger partial charge on any atom is -0.493 e. The lowest BCUT2D eigenvalue weighted by Crippen LogP contribution is -2.22. The minimum absolute atomic E-state index is 0.173. The van der Waals surface area contributed by atoms with Gasteiger partial charge in [0.2, 0.25) is 0 Å². The number of amides is 1. The Hall–Kier alpha value is -3.09. The third-order valence-corrected chi connectivity index (χ3v) is 3.74. The van der Waals surface area contributed by atoms with Crippen molar-refractivity contribution in [1.82, 2.24) is 19.9 Å². The molecule has 0 atom stereocenters. The molecule has 2 aromatic heterocycles. The van der Waals surface area contributed by atoms with E-state index in [-0.39, 0.29) is 5.91 Å². The molecule has 0 spiro atoms. The second kappa shape index (κ2) is 6.57. The van der Waals surface area contributed by atoms with Crippen LogP contribution in [0.15, 0.2) is 36.5 Å². The lowest BCUT2D eigenvalue weighted by Gasteiger charge is -2.10. The largest absolute Gasteiger partial charge is 0.493 e. The molecule has 0 aliphatic carbocycles. The van der Waals surface area contributed by atoms with Crippen LogP contribution in [0.4, 0.5) is 0 Å². The number of nitrogens with one attached hydrogen (secondary N) is 1. The van der Waals surface area contributed by atoms with Gasteiger partial charge in [-0.3, -0.25) is 9.20 Å². The van der Waals surface area contributed by atoms with Crippen LogP contribution >= 0.6 is 0 Å². The number of carbonyl (C=O) groups is 1. The number of aromatic nitrogens is 3. The van der Waals surface area contributed by atoms with E-state index in [0.29, 0.717) is 29.3 Å². The van der Waals surface area contributed by atoms with Crippen LogP contribution in [-0.2, 0) is 6.54 Å². The van der Waals surface area contributed by atoms with Crippen molar-refractivity contribution in [3.05, 3.63) is 53.5 Å². The maximum absolute atomic E-state index is 12.3. The molecule has 0 fully saturated rings. The molecule has 0 radical (unpaired) electrons. The van der Waals surface area contributed by atoms with E-state index in [2.05, 4.69) is 15.5 Å². The van der Waals surface area contributed by atoms with Crippen LogP contribution in [0.5, 0.6) is 11.5 Å². The number of hydrogen-bond acceptors (Lipinski definition) is 5. The smallest absolute Gasteiger partial charge is 0.251 e. The van der Waals surface area contributed by atoms with E-state index >= 15 is 0 Å². The summed E-state index contributed by atoms with van der Waals surface area (Å²) >= 11 is 0. The molecule has 124 valence electrons. The summed E-state index contributed by atoms with van der Waals surface area (Å²) in [4.78, 5) is 12.3. The fourth-order valence-corrected chi connectivity index (χ4v) is 2.43. The third kappa shape index (κ3) is 3.01. The fourth-order valence-electron chi connectivity index (χ4n) is 2.43. The standard InChI is InChI=1S/C17H18N4O3/c1-11-19-20-16-9-13(6-7-21(11)16)17(22)18-10-12-4-5-14(23-2)15(8-12)24-3/h4-9H,10H2,1-3H3,(H,18,22). The molecule has 0 aliphatic rings. The number of hydrogen-bond donors (Lipinski definition) is 1. The van der Waals surface area contributed by atoms with Crippen molar-refractivity contribution in [1.29, 1.82) is 0 Å². The number of pyridine rings is 1. The van der Waals surface area contributed by atoms with Gasteiger partial charge < -0.3 is 14.8 Å². The Balaban J connectivity index is 1.72. The molecule has 7 heteroatoms. The molecule has 1 amide bonds. The average Bonchev–Trinajstić information content (AvgIpc) is 2.99. The van der Waals surface area contributed by atoms with E-state index in [4.69, 9.17) is 9.47 Å². The molecule has 0 aliphatic heterocycles. The normalized spacial score (nSPS) is 10.6. The van der Waals surface area contributed by atoms with E-state index < -0.39 is 0 Å². The Morgan fingerprint density at radius 3 is 2.67 bits per heavy atom. The number of rotatable bonds is 5. The number of aryl methyl sites for hydroxylation is 1. The molecule has 1 N–H and O–H groups in total. The van der Waals surface area contributed by atoms with Crippen molar-refractivity contribution in [2.24, 2.45) is 0 Å². The molecule has 0 bridgehead atoms. The van der Waals surface area contributed by atoms with E-state index in [1.165, 1.54) is 0 Å². The van der Waals surface area contributed by atoms with Gasteiger partial charge in [0.05, 0.1) is 14.2 Å². The molecule has 7 nitrogen and oxygen atoms in total. The van der Waals surface area contributed by atoms with Crippen LogP contribution in [-0.4, -0.2) is 34.7 Å². The van der Waals surface area contributed by atoms with Crippen molar-refractivity contribution in [2.45, 2.75) is 13.5 Å².